The molecule has 2 heterocycles. The number of nitrogens with zero attached hydrogens (tertiary/aromatic N) is 1. The van der Waals surface area contributed by atoms with E-state index in [4.69, 9.17) is 18.9 Å². The number of hydrogen-bond acceptors (Lipinski definition) is 6. The zero-order chi connectivity index (χ0) is 23.6. The summed E-state index contributed by atoms with van der Waals surface area (Å²) in [6.07, 6.45) is -0.304. The molecule has 0 bridgehead atoms. The Morgan fingerprint density at radius 2 is 1.58 bits per heavy atom. The Hall–Kier alpha value is -3.32. The van der Waals surface area contributed by atoms with Crippen LogP contribution >= 0.6 is 0 Å². The molecule has 7 nitrogen and oxygen atoms in total. The summed E-state index contributed by atoms with van der Waals surface area (Å²) >= 11 is 0. The van der Waals surface area contributed by atoms with Crippen molar-refractivity contribution < 1.29 is 28.5 Å². The van der Waals surface area contributed by atoms with Crippen LogP contribution in [0.1, 0.15) is 50.5 Å². The number of carbonyl (C=O) groups excluding carboxylic acids is 2. The minimum absolute atomic E-state index is 0.0192. The molecule has 33 heavy (non-hydrogen) atoms. The highest BCUT2D eigenvalue weighted by molar-refractivity contribution is 5.86. The molecule has 1 saturated heterocycles. The monoisotopic (exact) mass is 451 g/mol. The molecule has 0 radical (unpaired) electrons. The van der Waals surface area contributed by atoms with E-state index in [0.717, 1.165) is 11.1 Å². The lowest BCUT2D eigenvalue weighted by Gasteiger charge is -2.38. The van der Waals surface area contributed by atoms with Gasteiger partial charge in [0.2, 0.25) is 5.76 Å². The largest absolute Gasteiger partial charge is 0.463 e. The van der Waals surface area contributed by atoms with Gasteiger partial charge in [0.15, 0.2) is 12.3 Å². The summed E-state index contributed by atoms with van der Waals surface area (Å²) in [5, 5.41) is 0. The predicted molar refractivity (Wildman–Crippen MR) is 121 cm³/mol. The first-order chi connectivity index (χ1) is 15.8. The number of amides is 1. The average molecular weight is 452 g/mol. The van der Waals surface area contributed by atoms with Gasteiger partial charge >= 0.3 is 12.1 Å². The minimum atomic E-state index is -0.775. The Kier molecular flexibility index (Phi) is 6.42. The quantitative estimate of drug-likeness (QED) is 0.602. The van der Waals surface area contributed by atoms with Gasteiger partial charge in [0.25, 0.3) is 0 Å². The van der Waals surface area contributed by atoms with Crippen LogP contribution in [0.3, 0.4) is 0 Å². The highest BCUT2D eigenvalue weighted by Crippen LogP contribution is 2.45. The fraction of sp³-hybridized carbons (Fsp3) is 0.385. The van der Waals surface area contributed by atoms with Crippen molar-refractivity contribution in [3.8, 4) is 0 Å². The van der Waals surface area contributed by atoms with Crippen molar-refractivity contribution in [1.29, 1.82) is 0 Å². The van der Waals surface area contributed by atoms with Gasteiger partial charge in [0.1, 0.15) is 6.04 Å². The second-order valence-corrected chi connectivity index (χ2v) is 9.08. The van der Waals surface area contributed by atoms with E-state index < -0.39 is 42.1 Å². The minimum Gasteiger partial charge on any atom is -0.463 e. The first-order valence-corrected chi connectivity index (χ1v) is 11.0. The molecule has 2 aliphatic rings. The zero-order valence-electron chi connectivity index (χ0n) is 19.3. The van der Waals surface area contributed by atoms with E-state index in [-0.39, 0.29) is 5.76 Å². The zero-order valence-corrected chi connectivity index (χ0v) is 19.3. The normalized spacial score (nSPS) is 25.2. The van der Waals surface area contributed by atoms with Gasteiger partial charge in [0, 0.05) is 6.42 Å². The van der Waals surface area contributed by atoms with Gasteiger partial charge in [-0.3, -0.25) is 4.90 Å². The molecule has 4 atom stereocenters. The van der Waals surface area contributed by atoms with Crippen LogP contribution in [-0.4, -0.2) is 42.0 Å². The Bertz CT molecular complexity index is 1010. The van der Waals surface area contributed by atoms with Crippen LogP contribution in [0, 0.1) is 0 Å². The van der Waals surface area contributed by atoms with Crippen LogP contribution in [0.2, 0.25) is 0 Å². The molecule has 2 aliphatic heterocycles. The molecule has 2 aromatic carbocycles. The number of hydrogen-bond donors (Lipinski definition) is 0. The number of esters is 1. The summed E-state index contributed by atoms with van der Waals surface area (Å²) in [4.78, 5) is 27.1. The van der Waals surface area contributed by atoms with Gasteiger partial charge in [0.05, 0.1) is 18.8 Å². The van der Waals surface area contributed by atoms with E-state index in [1.165, 1.54) is 7.11 Å². The second kappa shape index (κ2) is 9.27. The molecular formula is C26H29NO6. The molecule has 0 aliphatic carbocycles. The third-order valence-electron chi connectivity index (χ3n) is 5.53. The third-order valence-corrected chi connectivity index (χ3v) is 5.53. The van der Waals surface area contributed by atoms with Gasteiger partial charge in [-0.15, -0.1) is 0 Å². The number of benzene rings is 2. The first kappa shape index (κ1) is 22.9. The average Bonchev–Trinajstić information content (AvgIpc) is 3.15. The SMILES string of the molecule is COC(=O)C1=C[C@H](OC(C)(C)C)C[C@H](N2C(=O)O[C@@H](c3ccccc3)[C@H]2c2ccccc2)O1. The Labute approximate surface area is 193 Å². The highest BCUT2D eigenvalue weighted by Gasteiger charge is 2.49. The van der Waals surface area contributed by atoms with Crippen LogP contribution in [-0.2, 0) is 23.7 Å². The molecule has 174 valence electrons. The Morgan fingerprint density at radius 3 is 2.15 bits per heavy atom. The molecule has 2 aromatic rings. The van der Waals surface area contributed by atoms with Crippen LogP contribution in [0.25, 0.3) is 0 Å². The molecule has 0 N–H and O–H groups in total. The van der Waals surface area contributed by atoms with Gasteiger partial charge in [-0.1, -0.05) is 60.7 Å². The second-order valence-electron chi connectivity index (χ2n) is 9.08. The number of rotatable bonds is 5. The molecule has 0 unspecified atom stereocenters. The lowest BCUT2D eigenvalue weighted by Crippen LogP contribution is -2.45. The first-order valence-electron chi connectivity index (χ1n) is 11.0. The number of ether oxygens (including phenoxy) is 4. The van der Waals surface area contributed by atoms with Gasteiger partial charge in [-0.2, -0.15) is 0 Å². The smallest absolute Gasteiger partial charge is 0.414 e. The Morgan fingerprint density at radius 1 is 0.970 bits per heavy atom. The lowest BCUT2D eigenvalue weighted by molar-refractivity contribution is -0.149. The number of carbonyl (C=O) groups is 2. The molecule has 0 spiro atoms. The van der Waals surface area contributed by atoms with Crippen molar-refractivity contribution in [2.45, 2.75) is 57.3 Å². The van der Waals surface area contributed by atoms with E-state index in [1.807, 2.05) is 81.4 Å². The summed E-state index contributed by atoms with van der Waals surface area (Å²) < 4.78 is 22.9. The fourth-order valence-corrected chi connectivity index (χ4v) is 4.26. The number of cyclic esters (lactones) is 1. The van der Waals surface area contributed by atoms with Gasteiger partial charge in [-0.25, -0.2) is 9.59 Å². The van der Waals surface area contributed by atoms with E-state index in [2.05, 4.69) is 0 Å². The topological polar surface area (TPSA) is 74.3 Å². The number of methoxy groups -OCH3 is 1. The van der Waals surface area contributed by atoms with Crippen molar-refractivity contribution in [1.82, 2.24) is 4.90 Å². The molecular weight excluding hydrogens is 422 g/mol. The van der Waals surface area contributed by atoms with Crippen molar-refractivity contribution in [2.75, 3.05) is 7.11 Å². The van der Waals surface area contributed by atoms with Crippen molar-refractivity contribution in [3.05, 3.63) is 83.6 Å². The van der Waals surface area contributed by atoms with E-state index in [0.29, 0.717) is 6.42 Å². The van der Waals surface area contributed by atoms with Crippen molar-refractivity contribution >= 4 is 12.1 Å². The summed E-state index contributed by atoms with van der Waals surface area (Å²) in [6.45, 7) is 5.81. The van der Waals surface area contributed by atoms with Crippen molar-refractivity contribution in [3.63, 3.8) is 0 Å². The maximum absolute atomic E-state index is 13.2. The summed E-state index contributed by atoms with van der Waals surface area (Å²) in [6, 6.07) is 18.8. The van der Waals surface area contributed by atoms with Crippen LogP contribution < -0.4 is 0 Å². The van der Waals surface area contributed by atoms with Crippen LogP contribution in [0.4, 0.5) is 4.79 Å². The molecule has 1 amide bonds. The lowest BCUT2D eigenvalue weighted by atomic mass is 9.94. The highest BCUT2D eigenvalue weighted by atomic mass is 16.6. The molecule has 0 aromatic heterocycles. The van der Waals surface area contributed by atoms with Gasteiger partial charge < -0.3 is 18.9 Å². The van der Waals surface area contributed by atoms with E-state index in [9.17, 15) is 9.59 Å². The molecule has 4 rings (SSSR count). The molecule has 7 heteroatoms. The van der Waals surface area contributed by atoms with Gasteiger partial charge in [-0.05, 0) is 38.0 Å². The van der Waals surface area contributed by atoms with Crippen LogP contribution in [0.15, 0.2) is 72.5 Å². The molecule has 0 saturated carbocycles. The van der Waals surface area contributed by atoms with Crippen molar-refractivity contribution in [2.24, 2.45) is 0 Å². The summed E-state index contributed by atoms with van der Waals surface area (Å²) in [7, 11) is 1.29. The third kappa shape index (κ3) is 5.03. The Balaban J connectivity index is 1.72. The van der Waals surface area contributed by atoms with E-state index >= 15 is 0 Å². The fourth-order valence-electron chi connectivity index (χ4n) is 4.26. The maximum atomic E-state index is 13.2. The van der Waals surface area contributed by atoms with E-state index in [1.54, 1.807) is 11.0 Å². The maximum Gasteiger partial charge on any atom is 0.414 e. The summed E-state index contributed by atoms with van der Waals surface area (Å²) in [5.74, 6) is -0.601. The predicted octanol–water partition coefficient (Wildman–Crippen LogP) is 4.91. The standard InChI is InChI=1S/C26H29NO6/c1-26(2,3)33-19-15-20(24(28)30-4)31-21(16-19)27-22(17-11-7-5-8-12-17)23(32-25(27)29)18-13-9-6-10-14-18/h5-15,19,21-23H,16H2,1-4H3/t19-,21+,22+,23-/m0/s1. The summed E-state index contributed by atoms with van der Waals surface area (Å²) in [5.41, 5.74) is 1.33. The molecule has 1 fully saturated rings. The van der Waals surface area contributed by atoms with Crippen LogP contribution in [0.5, 0.6) is 0 Å².